The molecule has 0 radical (unpaired) electrons. The Kier molecular flexibility index (Phi) is 7.09. The van der Waals surface area contributed by atoms with E-state index >= 15 is 0 Å². The van der Waals surface area contributed by atoms with Gasteiger partial charge in [0.05, 0.1) is 21.3 Å². The van der Waals surface area contributed by atoms with Gasteiger partial charge < -0.3 is 19.1 Å². The molecule has 0 bridgehead atoms. The predicted octanol–water partition coefficient (Wildman–Crippen LogP) is 4.15. The third-order valence-electron chi connectivity index (χ3n) is 3.88. The lowest BCUT2D eigenvalue weighted by molar-refractivity contribution is -0.125. The maximum atomic E-state index is 12.4. The Labute approximate surface area is 162 Å². The highest BCUT2D eigenvalue weighted by atomic mass is 79.9. The first-order valence-corrected chi connectivity index (χ1v) is 8.76. The highest BCUT2D eigenvalue weighted by Gasteiger charge is 2.12. The summed E-state index contributed by atoms with van der Waals surface area (Å²) in [5.41, 5.74) is 1.77. The van der Waals surface area contributed by atoms with E-state index in [0.717, 1.165) is 15.6 Å². The van der Waals surface area contributed by atoms with Gasteiger partial charge in [-0.25, -0.2) is 0 Å². The summed E-state index contributed by atoms with van der Waals surface area (Å²) in [4.78, 5) is 14.1. The molecule has 0 spiro atoms. The van der Waals surface area contributed by atoms with Crippen LogP contribution in [0.2, 0.25) is 0 Å². The van der Waals surface area contributed by atoms with Gasteiger partial charge in [0.2, 0.25) is 5.91 Å². The van der Waals surface area contributed by atoms with E-state index in [-0.39, 0.29) is 5.91 Å². The van der Waals surface area contributed by atoms with Gasteiger partial charge in [0, 0.05) is 35.8 Å². The van der Waals surface area contributed by atoms with Crippen molar-refractivity contribution in [2.45, 2.75) is 6.54 Å². The Hall–Kier alpha value is -2.47. The van der Waals surface area contributed by atoms with Gasteiger partial charge in [0.15, 0.2) is 11.5 Å². The number of carbonyl (C=O) groups excluding carboxylic acids is 1. The summed E-state index contributed by atoms with van der Waals surface area (Å²) < 4.78 is 16.9. The van der Waals surface area contributed by atoms with Crippen LogP contribution in [-0.4, -0.2) is 39.2 Å². The van der Waals surface area contributed by atoms with Crippen molar-refractivity contribution in [3.8, 4) is 17.2 Å². The van der Waals surface area contributed by atoms with Gasteiger partial charge in [-0.05, 0) is 23.8 Å². The van der Waals surface area contributed by atoms with Crippen LogP contribution in [0.5, 0.6) is 17.2 Å². The molecule has 0 aliphatic rings. The van der Waals surface area contributed by atoms with Gasteiger partial charge in [0.1, 0.15) is 5.75 Å². The molecular formula is C20H22BrNO4. The van der Waals surface area contributed by atoms with Gasteiger partial charge in [-0.3, -0.25) is 4.79 Å². The van der Waals surface area contributed by atoms with Crippen LogP contribution in [0, 0.1) is 0 Å². The molecule has 26 heavy (non-hydrogen) atoms. The van der Waals surface area contributed by atoms with Gasteiger partial charge in [-0.1, -0.05) is 34.1 Å². The number of hydrogen-bond acceptors (Lipinski definition) is 4. The van der Waals surface area contributed by atoms with Crippen molar-refractivity contribution in [1.29, 1.82) is 0 Å². The summed E-state index contributed by atoms with van der Waals surface area (Å²) in [7, 11) is 6.46. The number of methoxy groups -OCH3 is 3. The van der Waals surface area contributed by atoms with Crippen LogP contribution in [0.4, 0.5) is 0 Å². The van der Waals surface area contributed by atoms with E-state index in [2.05, 4.69) is 15.9 Å². The summed E-state index contributed by atoms with van der Waals surface area (Å²) in [5.74, 6) is 1.62. The van der Waals surface area contributed by atoms with Gasteiger partial charge in [0.25, 0.3) is 0 Å². The maximum Gasteiger partial charge on any atom is 0.246 e. The third kappa shape index (κ3) is 4.79. The zero-order chi connectivity index (χ0) is 19.1. The van der Waals surface area contributed by atoms with Crippen LogP contribution < -0.4 is 14.2 Å². The molecule has 0 atom stereocenters. The smallest absolute Gasteiger partial charge is 0.246 e. The Morgan fingerprint density at radius 3 is 2.27 bits per heavy atom. The molecule has 1 amide bonds. The van der Waals surface area contributed by atoms with E-state index in [1.165, 1.54) is 6.08 Å². The standard InChI is InChI=1S/C20H22BrNO4/c1-22(13-15-7-5-6-8-16(15)21)20(23)10-9-14-11-18(25-3)19(26-4)12-17(14)24-2/h5-12H,13H2,1-4H3/b10-9+. The van der Waals surface area contributed by atoms with Gasteiger partial charge in [-0.2, -0.15) is 0 Å². The van der Waals surface area contributed by atoms with Crippen molar-refractivity contribution in [3.05, 3.63) is 58.1 Å². The fourth-order valence-electron chi connectivity index (χ4n) is 2.43. The quantitative estimate of drug-likeness (QED) is 0.632. The van der Waals surface area contributed by atoms with E-state index in [4.69, 9.17) is 14.2 Å². The number of ether oxygens (including phenoxy) is 3. The summed E-state index contributed by atoms with van der Waals surface area (Å²) in [6, 6.07) is 11.3. The number of rotatable bonds is 7. The van der Waals surface area contributed by atoms with Crippen molar-refractivity contribution in [3.63, 3.8) is 0 Å². The van der Waals surface area contributed by atoms with E-state index in [1.807, 2.05) is 24.3 Å². The molecule has 0 aliphatic carbocycles. The van der Waals surface area contributed by atoms with Crippen molar-refractivity contribution in [2.24, 2.45) is 0 Å². The molecule has 5 nitrogen and oxygen atoms in total. The normalized spacial score (nSPS) is 10.7. The molecule has 2 rings (SSSR count). The molecule has 6 heteroatoms. The molecule has 0 fully saturated rings. The average Bonchev–Trinajstić information content (AvgIpc) is 2.66. The molecule has 138 valence electrons. The molecule has 0 heterocycles. The van der Waals surface area contributed by atoms with Crippen LogP contribution in [0.15, 0.2) is 46.9 Å². The average molecular weight is 420 g/mol. The van der Waals surface area contributed by atoms with Crippen LogP contribution in [0.3, 0.4) is 0 Å². The van der Waals surface area contributed by atoms with E-state index in [0.29, 0.717) is 23.8 Å². The summed E-state index contributed by atoms with van der Waals surface area (Å²) in [6.45, 7) is 0.508. The number of benzene rings is 2. The molecular weight excluding hydrogens is 398 g/mol. The fourth-order valence-corrected chi connectivity index (χ4v) is 2.84. The second-order valence-electron chi connectivity index (χ2n) is 5.57. The van der Waals surface area contributed by atoms with E-state index < -0.39 is 0 Å². The van der Waals surface area contributed by atoms with Gasteiger partial charge in [-0.15, -0.1) is 0 Å². The first-order chi connectivity index (χ1) is 12.5. The molecule has 2 aromatic carbocycles. The van der Waals surface area contributed by atoms with Crippen LogP contribution in [-0.2, 0) is 11.3 Å². The minimum atomic E-state index is -0.113. The lowest BCUT2D eigenvalue weighted by Crippen LogP contribution is -2.24. The number of nitrogens with zero attached hydrogens (tertiary/aromatic N) is 1. The number of carbonyl (C=O) groups is 1. The summed E-state index contributed by atoms with van der Waals surface area (Å²) >= 11 is 3.50. The van der Waals surface area contributed by atoms with Crippen molar-refractivity contribution in [1.82, 2.24) is 4.90 Å². The zero-order valence-electron chi connectivity index (χ0n) is 15.3. The number of amides is 1. The maximum absolute atomic E-state index is 12.4. The largest absolute Gasteiger partial charge is 0.496 e. The minimum absolute atomic E-state index is 0.113. The van der Waals surface area contributed by atoms with Crippen LogP contribution in [0.25, 0.3) is 6.08 Å². The highest BCUT2D eigenvalue weighted by Crippen LogP contribution is 2.35. The monoisotopic (exact) mass is 419 g/mol. The SMILES string of the molecule is COc1cc(OC)c(OC)cc1/C=C/C(=O)N(C)Cc1ccccc1Br. The molecule has 0 aromatic heterocycles. The molecule has 2 aromatic rings. The Balaban J connectivity index is 2.17. The second kappa shape index (κ2) is 9.29. The topological polar surface area (TPSA) is 48.0 Å². The third-order valence-corrected chi connectivity index (χ3v) is 4.66. The molecule has 0 saturated heterocycles. The molecule has 0 N–H and O–H groups in total. The first-order valence-electron chi connectivity index (χ1n) is 7.96. The van der Waals surface area contributed by atoms with E-state index in [9.17, 15) is 4.79 Å². The van der Waals surface area contributed by atoms with E-state index in [1.54, 1.807) is 51.5 Å². The minimum Gasteiger partial charge on any atom is -0.496 e. The molecule has 0 unspecified atom stereocenters. The summed E-state index contributed by atoms with van der Waals surface area (Å²) in [5, 5.41) is 0. The number of likely N-dealkylation sites (N-methyl/N-ethyl adjacent to an activating group) is 1. The molecule has 0 saturated carbocycles. The van der Waals surface area contributed by atoms with Crippen molar-refractivity contribution < 1.29 is 19.0 Å². The lowest BCUT2D eigenvalue weighted by atomic mass is 10.1. The summed E-state index contributed by atoms with van der Waals surface area (Å²) in [6.07, 6.45) is 3.22. The van der Waals surface area contributed by atoms with Crippen molar-refractivity contribution >= 4 is 27.9 Å². The lowest BCUT2D eigenvalue weighted by Gasteiger charge is -2.16. The Morgan fingerprint density at radius 1 is 1.04 bits per heavy atom. The Bertz CT molecular complexity index is 804. The number of hydrogen-bond donors (Lipinski definition) is 0. The highest BCUT2D eigenvalue weighted by molar-refractivity contribution is 9.10. The number of halogens is 1. The second-order valence-corrected chi connectivity index (χ2v) is 6.42. The Morgan fingerprint density at radius 2 is 1.65 bits per heavy atom. The first kappa shape index (κ1) is 19.8. The van der Waals surface area contributed by atoms with Crippen LogP contribution in [0.1, 0.15) is 11.1 Å². The van der Waals surface area contributed by atoms with Crippen LogP contribution >= 0.6 is 15.9 Å². The van der Waals surface area contributed by atoms with Crippen molar-refractivity contribution in [2.75, 3.05) is 28.4 Å². The fraction of sp³-hybridized carbons (Fsp3) is 0.250. The molecule has 0 aliphatic heterocycles. The van der Waals surface area contributed by atoms with Gasteiger partial charge >= 0.3 is 0 Å². The zero-order valence-corrected chi connectivity index (χ0v) is 16.9. The predicted molar refractivity (Wildman–Crippen MR) is 106 cm³/mol.